The predicted molar refractivity (Wildman–Crippen MR) is 218 cm³/mol. The van der Waals surface area contributed by atoms with E-state index in [1.54, 1.807) is 0 Å². The van der Waals surface area contributed by atoms with Gasteiger partial charge in [-0.1, -0.05) is 118 Å². The maximum Gasteiger partial charge on any atom is 0.128 e. The number of hydrogen-bond acceptors (Lipinski definition) is 4. The molecule has 0 unspecified atom stereocenters. The first-order valence-electron chi connectivity index (χ1n) is 17.7. The Morgan fingerprint density at radius 2 is 1.43 bits per heavy atom. The summed E-state index contributed by atoms with van der Waals surface area (Å²) in [5.41, 5.74) is 8.58. The predicted octanol–water partition coefficient (Wildman–Crippen LogP) is 11.3. The van der Waals surface area contributed by atoms with Crippen molar-refractivity contribution >= 4 is 57.0 Å². The van der Waals surface area contributed by atoms with Crippen LogP contribution in [0, 0.1) is 12.1 Å². The Kier molecular flexibility index (Phi) is 9.77. The largest absolute Gasteiger partial charge is 0.500 e. The van der Waals surface area contributed by atoms with E-state index < -0.39 is 8.07 Å². The van der Waals surface area contributed by atoms with Crippen molar-refractivity contribution < 1.29 is 24.5 Å². The van der Waals surface area contributed by atoms with Gasteiger partial charge in [0, 0.05) is 54.5 Å². The van der Waals surface area contributed by atoms with Crippen LogP contribution in [0.3, 0.4) is 0 Å². The van der Waals surface area contributed by atoms with Gasteiger partial charge < -0.3 is 14.0 Å². The minimum absolute atomic E-state index is 0. The second kappa shape index (κ2) is 14.3. The molecule has 5 nitrogen and oxygen atoms in total. The Balaban J connectivity index is 0.000000216. The van der Waals surface area contributed by atoms with Crippen LogP contribution in [0.4, 0.5) is 0 Å². The van der Waals surface area contributed by atoms with Crippen LogP contribution < -0.4 is 5.19 Å². The molecule has 0 amide bonds. The van der Waals surface area contributed by atoms with Gasteiger partial charge in [-0.05, 0) is 33.8 Å². The summed E-state index contributed by atoms with van der Waals surface area (Å²) >= 11 is 0. The SMILES string of the molecule is CC(C)(C)c1cncc2nc(-c3[c-]ccc4c3oc3c5ccccc5ccc43)n(-c3ccccc3)c12.C[Si](C)(C)c1ccc(-c2[c-]cccc2)nc1.[Ir]. The molecule has 1 radical (unpaired) electrons. The van der Waals surface area contributed by atoms with Crippen molar-refractivity contribution in [1.29, 1.82) is 0 Å². The standard InChI is InChI=1S/C32H24N3O.C14H16NSi.Ir/c1-32(2,3)26-18-33-19-27-28(26)35(21-11-5-4-6-12-21)31(34-27)25-15-9-14-23-24-17-16-20-10-7-8-13-22(20)29(24)36-30(23)25;1-16(2,3)13-9-10-14(15-11-13)12-7-5-4-6-8-12;/h4-14,16-19H,1-3H3;4-7,9-11H,1-3H3;/q2*-1;. The van der Waals surface area contributed by atoms with Gasteiger partial charge in [-0.15, -0.1) is 54.1 Å². The number of pyridine rings is 2. The van der Waals surface area contributed by atoms with Crippen LogP contribution in [0.1, 0.15) is 26.3 Å². The molecule has 0 bridgehead atoms. The Labute approximate surface area is 325 Å². The molecule has 53 heavy (non-hydrogen) atoms. The number of fused-ring (bicyclic) bond motifs is 6. The van der Waals surface area contributed by atoms with Crippen LogP contribution in [-0.4, -0.2) is 27.6 Å². The summed E-state index contributed by atoms with van der Waals surface area (Å²) in [5.74, 6) is 0.795. The topological polar surface area (TPSA) is 56.7 Å². The third kappa shape index (κ3) is 6.88. The van der Waals surface area contributed by atoms with E-state index in [2.05, 4.69) is 146 Å². The van der Waals surface area contributed by atoms with Gasteiger partial charge in [0.2, 0.25) is 0 Å². The summed E-state index contributed by atoms with van der Waals surface area (Å²) in [4.78, 5) is 14.2. The zero-order valence-electron chi connectivity index (χ0n) is 30.7. The van der Waals surface area contributed by atoms with Crippen molar-refractivity contribution in [1.82, 2.24) is 19.5 Å². The zero-order chi connectivity index (χ0) is 36.0. The first-order chi connectivity index (χ1) is 25.1. The van der Waals surface area contributed by atoms with Crippen LogP contribution in [0.15, 0.2) is 138 Å². The molecule has 0 fully saturated rings. The van der Waals surface area contributed by atoms with Gasteiger partial charge in [0.25, 0.3) is 0 Å². The second-order valence-corrected chi connectivity index (χ2v) is 20.3. The molecule has 0 spiro atoms. The van der Waals surface area contributed by atoms with Gasteiger partial charge >= 0.3 is 0 Å². The molecule has 9 rings (SSSR count). The number of rotatable bonds is 4. The average Bonchev–Trinajstić information content (AvgIpc) is 3.74. The van der Waals surface area contributed by atoms with Crippen molar-refractivity contribution in [2.24, 2.45) is 0 Å². The van der Waals surface area contributed by atoms with Crippen molar-refractivity contribution in [3.8, 4) is 28.3 Å². The van der Waals surface area contributed by atoms with Crippen molar-refractivity contribution in [2.45, 2.75) is 45.8 Å². The number of para-hydroxylation sites is 1. The Morgan fingerprint density at radius 1 is 0.679 bits per heavy atom. The second-order valence-electron chi connectivity index (χ2n) is 15.2. The number of nitrogens with zero attached hydrogens (tertiary/aromatic N) is 4. The number of hydrogen-bond donors (Lipinski definition) is 0. The van der Waals surface area contributed by atoms with Crippen molar-refractivity contribution in [3.05, 3.63) is 152 Å². The quantitative estimate of drug-likeness (QED) is 0.131. The molecule has 4 heterocycles. The average molecular weight is 885 g/mol. The molecule has 9 aromatic rings. The summed E-state index contributed by atoms with van der Waals surface area (Å²) in [6, 6.07) is 46.0. The van der Waals surface area contributed by atoms with Gasteiger partial charge in [0.15, 0.2) is 0 Å². The fourth-order valence-corrected chi connectivity index (χ4v) is 7.79. The molecular formula is C46H40IrN4OSi-2. The molecule has 5 aromatic carbocycles. The molecule has 0 N–H and O–H groups in total. The minimum Gasteiger partial charge on any atom is -0.500 e. The third-order valence-corrected chi connectivity index (χ3v) is 11.6. The summed E-state index contributed by atoms with van der Waals surface area (Å²) in [6.07, 6.45) is 5.83. The maximum atomic E-state index is 6.64. The number of furan rings is 1. The summed E-state index contributed by atoms with van der Waals surface area (Å²) < 4.78 is 8.87. The van der Waals surface area contributed by atoms with Crippen LogP contribution in [-0.2, 0) is 25.5 Å². The normalized spacial score (nSPS) is 11.8. The fraction of sp³-hybridized carbons (Fsp3) is 0.152. The first kappa shape index (κ1) is 36.2. The smallest absolute Gasteiger partial charge is 0.128 e. The van der Waals surface area contributed by atoms with Gasteiger partial charge in [0.05, 0.1) is 36.7 Å². The van der Waals surface area contributed by atoms with E-state index >= 15 is 0 Å². The molecule has 0 aliphatic heterocycles. The molecule has 265 valence electrons. The van der Waals surface area contributed by atoms with Crippen molar-refractivity contribution in [3.63, 3.8) is 0 Å². The molecule has 0 saturated carbocycles. The van der Waals surface area contributed by atoms with Gasteiger partial charge in [-0.2, -0.15) is 0 Å². The van der Waals surface area contributed by atoms with Gasteiger partial charge in [-0.25, -0.2) is 0 Å². The number of imidazole rings is 1. The molecule has 0 aliphatic carbocycles. The van der Waals surface area contributed by atoms with Crippen molar-refractivity contribution in [2.75, 3.05) is 0 Å². The maximum absolute atomic E-state index is 6.64. The molecule has 0 aliphatic rings. The minimum atomic E-state index is -1.23. The van der Waals surface area contributed by atoms with E-state index in [0.717, 1.165) is 77.6 Å². The zero-order valence-corrected chi connectivity index (χ0v) is 34.1. The summed E-state index contributed by atoms with van der Waals surface area (Å²) in [5, 5.41) is 5.82. The molecular weight excluding hydrogens is 845 g/mol. The van der Waals surface area contributed by atoms with Gasteiger partial charge in [-0.3, -0.25) is 9.97 Å². The van der Waals surface area contributed by atoms with E-state index in [-0.39, 0.29) is 25.5 Å². The first-order valence-corrected chi connectivity index (χ1v) is 21.2. The Morgan fingerprint density at radius 3 is 2.15 bits per heavy atom. The van der Waals surface area contributed by atoms with Crippen LogP contribution in [0.25, 0.3) is 72.1 Å². The van der Waals surface area contributed by atoms with Crippen LogP contribution in [0.2, 0.25) is 19.6 Å². The van der Waals surface area contributed by atoms with E-state index in [1.165, 1.54) is 5.19 Å². The Bertz CT molecular complexity index is 2690. The fourth-order valence-electron chi connectivity index (χ4n) is 6.76. The molecule has 0 atom stereocenters. The molecule has 0 saturated heterocycles. The summed E-state index contributed by atoms with van der Waals surface area (Å²) in [6.45, 7) is 13.6. The van der Waals surface area contributed by atoms with Gasteiger partial charge in [0.1, 0.15) is 5.58 Å². The van der Waals surface area contributed by atoms with E-state index in [4.69, 9.17) is 9.40 Å². The number of benzene rings is 5. The summed E-state index contributed by atoms with van der Waals surface area (Å²) in [7, 11) is -1.23. The van der Waals surface area contributed by atoms with E-state index in [9.17, 15) is 0 Å². The van der Waals surface area contributed by atoms with Crippen LogP contribution >= 0.6 is 0 Å². The van der Waals surface area contributed by atoms with Crippen LogP contribution in [0.5, 0.6) is 0 Å². The van der Waals surface area contributed by atoms with E-state index in [1.807, 2.05) is 55.0 Å². The molecule has 7 heteroatoms. The monoisotopic (exact) mass is 885 g/mol. The van der Waals surface area contributed by atoms with E-state index in [0.29, 0.717) is 0 Å². The Hall–Kier alpha value is -5.20. The third-order valence-electron chi connectivity index (χ3n) is 9.54. The number of aromatic nitrogens is 4. The molecule has 4 aromatic heterocycles.